The van der Waals surface area contributed by atoms with Crippen molar-refractivity contribution in [2.75, 3.05) is 26.8 Å². The van der Waals surface area contributed by atoms with Crippen LogP contribution in [-0.4, -0.2) is 36.7 Å². The van der Waals surface area contributed by atoms with E-state index < -0.39 is 0 Å². The van der Waals surface area contributed by atoms with Crippen LogP contribution in [0.2, 0.25) is 0 Å². The molecule has 0 atom stereocenters. The van der Waals surface area contributed by atoms with Gasteiger partial charge in [-0.25, -0.2) is 9.37 Å². The van der Waals surface area contributed by atoms with Gasteiger partial charge in [-0.15, -0.1) is 0 Å². The Morgan fingerprint density at radius 2 is 1.91 bits per heavy atom. The molecule has 172 valence electrons. The SMILES string of the molecule is COc1ncccc1CN1CCC(C=Cc2cc(F)ccc2OCC2CCCCC2)CC1. The first-order chi connectivity index (χ1) is 15.7. The van der Waals surface area contributed by atoms with Crippen molar-refractivity contribution in [1.29, 1.82) is 0 Å². The molecule has 0 amide bonds. The first-order valence-corrected chi connectivity index (χ1v) is 12.0. The van der Waals surface area contributed by atoms with E-state index in [4.69, 9.17) is 9.47 Å². The predicted molar refractivity (Wildman–Crippen MR) is 126 cm³/mol. The molecule has 0 unspecified atom stereocenters. The molecule has 2 heterocycles. The van der Waals surface area contributed by atoms with Crippen LogP contribution in [0, 0.1) is 17.7 Å². The van der Waals surface area contributed by atoms with Gasteiger partial charge in [0.2, 0.25) is 5.88 Å². The lowest BCUT2D eigenvalue weighted by molar-refractivity contribution is 0.193. The van der Waals surface area contributed by atoms with Crippen molar-refractivity contribution >= 4 is 6.08 Å². The number of piperidine rings is 1. The smallest absolute Gasteiger partial charge is 0.217 e. The third-order valence-corrected chi connectivity index (χ3v) is 6.79. The fourth-order valence-electron chi connectivity index (χ4n) is 4.85. The summed E-state index contributed by atoms with van der Waals surface area (Å²) in [6.45, 7) is 3.65. The number of pyridine rings is 1. The molecule has 1 aliphatic heterocycles. The summed E-state index contributed by atoms with van der Waals surface area (Å²) in [5, 5.41) is 0. The molecule has 2 aliphatic rings. The quantitative estimate of drug-likeness (QED) is 0.498. The summed E-state index contributed by atoms with van der Waals surface area (Å²) in [5.74, 6) is 2.43. The second-order valence-corrected chi connectivity index (χ2v) is 9.14. The summed E-state index contributed by atoms with van der Waals surface area (Å²) >= 11 is 0. The maximum atomic E-state index is 13.9. The van der Waals surface area contributed by atoms with Crippen LogP contribution in [-0.2, 0) is 6.54 Å². The summed E-state index contributed by atoms with van der Waals surface area (Å²) < 4.78 is 25.4. The van der Waals surface area contributed by atoms with E-state index in [0.29, 0.717) is 17.7 Å². The van der Waals surface area contributed by atoms with Crippen molar-refractivity contribution in [3.8, 4) is 11.6 Å². The number of methoxy groups -OCH3 is 1. The molecular weight excluding hydrogens is 403 g/mol. The van der Waals surface area contributed by atoms with Crippen LogP contribution in [0.15, 0.2) is 42.6 Å². The van der Waals surface area contributed by atoms with Crippen LogP contribution in [0.4, 0.5) is 4.39 Å². The van der Waals surface area contributed by atoms with Crippen molar-refractivity contribution in [3.05, 3.63) is 59.5 Å². The molecule has 32 heavy (non-hydrogen) atoms. The molecule has 1 aliphatic carbocycles. The Hall–Kier alpha value is -2.40. The Morgan fingerprint density at radius 3 is 2.69 bits per heavy atom. The zero-order valence-electron chi connectivity index (χ0n) is 19.1. The summed E-state index contributed by atoms with van der Waals surface area (Å²) in [5.41, 5.74) is 1.98. The molecule has 4 rings (SSSR count). The molecular formula is C27H35FN2O2. The number of likely N-dealkylation sites (tertiary alicyclic amines) is 1. The molecule has 2 aromatic rings. The van der Waals surface area contributed by atoms with E-state index in [-0.39, 0.29) is 5.82 Å². The Balaban J connectivity index is 1.31. The minimum Gasteiger partial charge on any atom is -0.493 e. The van der Waals surface area contributed by atoms with Crippen LogP contribution in [0.25, 0.3) is 6.08 Å². The Labute approximate surface area is 191 Å². The molecule has 1 saturated heterocycles. The molecule has 0 spiro atoms. The summed E-state index contributed by atoms with van der Waals surface area (Å²) in [7, 11) is 1.67. The lowest BCUT2D eigenvalue weighted by atomic mass is 9.90. The highest BCUT2D eigenvalue weighted by Gasteiger charge is 2.19. The van der Waals surface area contributed by atoms with Gasteiger partial charge in [0.05, 0.1) is 13.7 Å². The van der Waals surface area contributed by atoms with Gasteiger partial charge >= 0.3 is 0 Å². The average molecular weight is 439 g/mol. The Morgan fingerprint density at radius 1 is 1.09 bits per heavy atom. The second-order valence-electron chi connectivity index (χ2n) is 9.14. The van der Waals surface area contributed by atoms with Gasteiger partial charge < -0.3 is 9.47 Å². The number of hydrogen-bond donors (Lipinski definition) is 0. The summed E-state index contributed by atoms with van der Waals surface area (Å²) in [6, 6.07) is 8.91. The molecule has 4 nitrogen and oxygen atoms in total. The minimum absolute atomic E-state index is 0.213. The summed E-state index contributed by atoms with van der Waals surface area (Å²) in [6.07, 6.45) is 14.7. The molecule has 2 fully saturated rings. The zero-order valence-corrected chi connectivity index (χ0v) is 19.1. The number of rotatable bonds is 8. The molecule has 5 heteroatoms. The van der Waals surface area contributed by atoms with Gasteiger partial charge in [0, 0.05) is 23.9 Å². The molecule has 0 radical (unpaired) electrons. The maximum Gasteiger partial charge on any atom is 0.217 e. The van der Waals surface area contributed by atoms with E-state index in [1.807, 2.05) is 6.07 Å². The third-order valence-electron chi connectivity index (χ3n) is 6.79. The van der Waals surface area contributed by atoms with Crippen LogP contribution < -0.4 is 9.47 Å². The number of nitrogens with zero attached hydrogens (tertiary/aromatic N) is 2. The van der Waals surface area contributed by atoms with Crippen molar-refractivity contribution < 1.29 is 13.9 Å². The van der Waals surface area contributed by atoms with Crippen LogP contribution in [0.5, 0.6) is 11.6 Å². The van der Waals surface area contributed by atoms with Gasteiger partial charge in [-0.3, -0.25) is 4.90 Å². The number of ether oxygens (including phenoxy) is 2. The lowest BCUT2D eigenvalue weighted by Gasteiger charge is -2.30. The minimum atomic E-state index is -0.213. The van der Waals surface area contributed by atoms with E-state index in [1.165, 1.54) is 38.2 Å². The normalized spacial score (nSPS) is 18.8. The highest BCUT2D eigenvalue weighted by molar-refractivity contribution is 5.57. The van der Waals surface area contributed by atoms with E-state index in [0.717, 1.165) is 56.0 Å². The highest BCUT2D eigenvalue weighted by atomic mass is 19.1. The lowest BCUT2D eigenvalue weighted by Crippen LogP contribution is -2.32. The fraction of sp³-hybridized carbons (Fsp3) is 0.519. The van der Waals surface area contributed by atoms with E-state index in [1.54, 1.807) is 25.4 Å². The predicted octanol–water partition coefficient (Wildman–Crippen LogP) is 6.11. The van der Waals surface area contributed by atoms with Gasteiger partial charge in [0.25, 0.3) is 0 Å². The van der Waals surface area contributed by atoms with E-state index in [9.17, 15) is 4.39 Å². The molecule has 1 aromatic carbocycles. The summed E-state index contributed by atoms with van der Waals surface area (Å²) in [4.78, 5) is 6.75. The van der Waals surface area contributed by atoms with Crippen LogP contribution >= 0.6 is 0 Å². The highest BCUT2D eigenvalue weighted by Crippen LogP contribution is 2.28. The fourth-order valence-corrected chi connectivity index (χ4v) is 4.85. The zero-order chi connectivity index (χ0) is 22.2. The molecule has 0 N–H and O–H groups in total. The van der Waals surface area contributed by atoms with E-state index in [2.05, 4.69) is 28.1 Å². The second kappa shape index (κ2) is 11.5. The van der Waals surface area contributed by atoms with Gasteiger partial charge in [0.1, 0.15) is 11.6 Å². The number of aromatic nitrogens is 1. The largest absolute Gasteiger partial charge is 0.493 e. The molecule has 1 saturated carbocycles. The van der Waals surface area contributed by atoms with Gasteiger partial charge in [-0.2, -0.15) is 0 Å². The third kappa shape index (κ3) is 6.32. The number of hydrogen-bond acceptors (Lipinski definition) is 4. The van der Waals surface area contributed by atoms with Crippen LogP contribution in [0.1, 0.15) is 56.1 Å². The number of allylic oxidation sites excluding steroid dienone is 1. The average Bonchev–Trinajstić information content (AvgIpc) is 2.84. The Kier molecular flexibility index (Phi) is 8.16. The van der Waals surface area contributed by atoms with Crippen LogP contribution in [0.3, 0.4) is 0 Å². The van der Waals surface area contributed by atoms with Crippen molar-refractivity contribution in [2.24, 2.45) is 11.8 Å². The van der Waals surface area contributed by atoms with Crippen molar-refractivity contribution in [1.82, 2.24) is 9.88 Å². The Bertz CT molecular complexity index is 887. The number of halogens is 1. The van der Waals surface area contributed by atoms with Gasteiger partial charge in [-0.1, -0.05) is 37.5 Å². The molecule has 0 bridgehead atoms. The van der Waals surface area contributed by atoms with Gasteiger partial charge in [0.15, 0.2) is 0 Å². The first-order valence-electron chi connectivity index (χ1n) is 12.0. The van der Waals surface area contributed by atoms with E-state index >= 15 is 0 Å². The number of benzene rings is 1. The maximum absolute atomic E-state index is 13.9. The topological polar surface area (TPSA) is 34.6 Å². The van der Waals surface area contributed by atoms with Crippen molar-refractivity contribution in [3.63, 3.8) is 0 Å². The standard InChI is InChI=1S/C27H35FN2O2/c1-31-27-24(8-5-15-29-27)19-30-16-13-21(14-17-30)9-10-23-18-25(28)11-12-26(23)32-20-22-6-3-2-4-7-22/h5,8-12,15,18,21-22H,2-4,6-7,13-14,16-17,19-20H2,1H3. The monoisotopic (exact) mass is 438 g/mol. The first kappa shape index (κ1) is 22.8. The molecule has 1 aromatic heterocycles. The van der Waals surface area contributed by atoms with Gasteiger partial charge in [-0.05, 0) is 74.9 Å². The van der Waals surface area contributed by atoms with Crippen molar-refractivity contribution in [2.45, 2.75) is 51.5 Å².